The Morgan fingerprint density at radius 2 is 1.71 bits per heavy atom. The number of anilines is 1. The molecule has 0 fully saturated rings. The number of aryl methyl sites for hydroxylation is 2. The van der Waals surface area contributed by atoms with Crippen LogP contribution in [0.25, 0.3) is 11.0 Å². The Morgan fingerprint density at radius 3 is 2.36 bits per heavy atom. The van der Waals surface area contributed by atoms with Crippen LogP contribution in [0, 0.1) is 13.8 Å². The number of fused-ring (bicyclic) bond motifs is 1. The Kier molecular flexibility index (Phi) is 5.27. The van der Waals surface area contributed by atoms with Gasteiger partial charge in [-0.3, -0.25) is 4.79 Å². The zero-order valence-corrected chi connectivity index (χ0v) is 17.0. The molecule has 3 aromatic rings. The Labute approximate surface area is 164 Å². The van der Waals surface area contributed by atoms with E-state index in [0.717, 1.165) is 27.8 Å². The molecule has 0 saturated heterocycles. The average Bonchev–Trinajstić information content (AvgIpc) is 2.62. The lowest BCUT2D eigenvalue weighted by atomic mass is 10.0. The molecular formula is C23H26N2O3. The number of amides is 1. The summed E-state index contributed by atoms with van der Waals surface area (Å²) in [6.45, 7) is 10.3. The van der Waals surface area contributed by atoms with Gasteiger partial charge in [0.1, 0.15) is 5.58 Å². The van der Waals surface area contributed by atoms with Gasteiger partial charge < -0.3 is 15.1 Å². The highest BCUT2D eigenvalue weighted by Gasteiger charge is 2.15. The van der Waals surface area contributed by atoms with Gasteiger partial charge in [0.25, 0.3) is 5.91 Å². The first-order valence-electron chi connectivity index (χ1n) is 9.33. The van der Waals surface area contributed by atoms with Crippen LogP contribution in [0.5, 0.6) is 0 Å². The summed E-state index contributed by atoms with van der Waals surface area (Å²) in [6.07, 6.45) is 0. The van der Waals surface area contributed by atoms with Crippen LogP contribution in [0.4, 0.5) is 5.69 Å². The highest BCUT2D eigenvalue weighted by Crippen LogP contribution is 2.24. The molecular weight excluding hydrogens is 352 g/mol. The second kappa shape index (κ2) is 7.50. The van der Waals surface area contributed by atoms with E-state index in [1.54, 1.807) is 12.1 Å². The third-order valence-electron chi connectivity index (χ3n) is 4.64. The molecule has 28 heavy (non-hydrogen) atoms. The lowest BCUT2D eigenvalue weighted by Crippen LogP contribution is -2.40. The third-order valence-corrected chi connectivity index (χ3v) is 4.64. The lowest BCUT2D eigenvalue weighted by molar-refractivity contribution is 0.0919. The predicted molar refractivity (Wildman–Crippen MR) is 113 cm³/mol. The summed E-state index contributed by atoms with van der Waals surface area (Å²) in [5, 5.41) is 7.19. The molecule has 5 heteroatoms. The number of hydrogen-bond acceptors (Lipinski definition) is 4. The second-order valence-corrected chi connectivity index (χ2v) is 8.11. The van der Waals surface area contributed by atoms with Gasteiger partial charge in [-0.1, -0.05) is 12.1 Å². The number of carbonyl (C=O) groups excluding carboxylic acids is 1. The lowest BCUT2D eigenvalue weighted by Gasteiger charge is -2.20. The molecule has 0 aliphatic carbocycles. The zero-order chi connectivity index (χ0) is 20.5. The molecule has 0 bridgehead atoms. The summed E-state index contributed by atoms with van der Waals surface area (Å²) < 4.78 is 5.42. The normalized spacial score (nSPS) is 11.5. The van der Waals surface area contributed by atoms with E-state index < -0.39 is 0 Å². The van der Waals surface area contributed by atoms with Crippen LogP contribution in [0.3, 0.4) is 0 Å². The molecule has 0 spiro atoms. The Balaban J connectivity index is 1.79. The minimum Gasteiger partial charge on any atom is -0.422 e. The number of carbonyl (C=O) groups is 1. The van der Waals surface area contributed by atoms with Crippen molar-refractivity contribution in [3.05, 3.63) is 75.1 Å². The minimum absolute atomic E-state index is 0.100. The van der Waals surface area contributed by atoms with Crippen LogP contribution in [0.15, 0.2) is 51.7 Å². The first kappa shape index (κ1) is 19.7. The molecule has 1 amide bonds. The van der Waals surface area contributed by atoms with E-state index in [2.05, 4.69) is 10.6 Å². The Bertz CT molecular complexity index is 1070. The second-order valence-electron chi connectivity index (χ2n) is 8.11. The molecule has 1 aromatic heterocycles. The summed E-state index contributed by atoms with van der Waals surface area (Å²) >= 11 is 0. The highest BCUT2D eigenvalue weighted by molar-refractivity contribution is 5.95. The summed E-state index contributed by atoms with van der Waals surface area (Å²) in [7, 11) is 0. The quantitative estimate of drug-likeness (QED) is 0.654. The van der Waals surface area contributed by atoms with E-state index in [-0.39, 0.29) is 17.1 Å². The summed E-state index contributed by atoms with van der Waals surface area (Å²) in [4.78, 5) is 24.2. The first-order chi connectivity index (χ1) is 13.1. The van der Waals surface area contributed by atoms with Crippen molar-refractivity contribution in [2.75, 3.05) is 5.32 Å². The van der Waals surface area contributed by atoms with Crippen molar-refractivity contribution in [2.45, 2.75) is 46.7 Å². The minimum atomic E-state index is -0.354. The maximum atomic E-state index is 12.2. The molecule has 2 aromatic carbocycles. The fraction of sp³-hybridized carbons (Fsp3) is 0.304. The SMILES string of the molecule is Cc1ccc2c(CNc3ccc(C(=O)NC(C)(C)C)cc3)cc(=O)oc2c1C. The van der Waals surface area contributed by atoms with Crippen molar-refractivity contribution in [3.8, 4) is 0 Å². The zero-order valence-electron chi connectivity index (χ0n) is 17.0. The molecule has 5 nitrogen and oxygen atoms in total. The van der Waals surface area contributed by atoms with Gasteiger partial charge in [-0.2, -0.15) is 0 Å². The van der Waals surface area contributed by atoms with Gasteiger partial charge in [0, 0.05) is 34.8 Å². The van der Waals surface area contributed by atoms with Crippen LogP contribution in [-0.4, -0.2) is 11.4 Å². The van der Waals surface area contributed by atoms with E-state index in [1.807, 2.05) is 58.9 Å². The first-order valence-corrected chi connectivity index (χ1v) is 9.33. The van der Waals surface area contributed by atoms with E-state index in [9.17, 15) is 9.59 Å². The summed E-state index contributed by atoms with van der Waals surface area (Å²) in [6, 6.07) is 12.8. The van der Waals surface area contributed by atoms with Crippen molar-refractivity contribution in [1.82, 2.24) is 5.32 Å². The molecule has 146 valence electrons. The van der Waals surface area contributed by atoms with Crippen molar-refractivity contribution in [2.24, 2.45) is 0 Å². The largest absolute Gasteiger partial charge is 0.422 e. The van der Waals surface area contributed by atoms with Crippen LogP contribution in [0.1, 0.15) is 47.8 Å². The van der Waals surface area contributed by atoms with E-state index in [0.29, 0.717) is 17.7 Å². The van der Waals surface area contributed by atoms with Crippen LogP contribution >= 0.6 is 0 Å². The molecule has 1 heterocycles. The van der Waals surface area contributed by atoms with Gasteiger partial charge in [0.2, 0.25) is 0 Å². The van der Waals surface area contributed by atoms with Gasteiger partial charge in [-0.15, -0.1) is 0 Å². The average molecular weight is 378 g/mol. The van der Waals surface area contributed by atoms with E-state index in [1.165, 1.54) is 6.07 Å². The maximum absolute atomic E-state index is 12.2. The topological polar surface area (TPSA) is 71.3 Å². The van der Waals surface area contributed by atoms with Gasteiger partial charge in [-0.25, -0.2) is 4.79 Å². The molecule has 0 aliphatic heterocycles. The molecule has 0 saturated carbocycles. The highest BCUT2D eigenvalue weighted by atomic mass is 16.4. The van der Waals surface area contributed by atoms with Gasteiger partial charge in [0.15, 0.2) is 0 Å². The van der Waals surface area contributed by atoms with Gasteiger partial charge in [-0.05, 0) is 75.6 Å². The molecule has 3 rings (SSSR count). The predicted octanol–water partition coefficient (Wildman–Crippen LogP) is 4.55. The van der Waals surface area contributed by atoms with Crippen LogP contribution in [0.2, 0.25) is 0 Å². The fourth-order valence-electron chi connectivity index (χ4n) is 3.02. The molecule has 0 aliphatic rings. The van der Waals surface area contributed by atoms with Gasteiger partial charge in [0.05, 0.1) is 0 Å². The van der Waals surface area contributed by atoms with Crippen molar-refractivity contribution >= 4 is 22.6 Å². The Hall–Kier alpha value is -3.08. The van der Waals surface area contributed by atoms with Gasteiger partial charge >= 0.3 is 5.63 Å². The number of rotatable bonds is 4. The Morgan fingerprint density at radius 1 is 1.04 bits per heavy atom. The van der Waals surface area contributed by atoms with Crippen molar-refractivity contribution in [1.29, 1.82) is 0 Å². The van der Waals surface area contributed by atoms with E-state index in [4.69, 9.17) is 4.42 Å². The number of hydrogen-bond donors (Lipinski definition) is 2. The molecule has 0 unspecified atom stereocenters. The van der Waals surface area contributed by atoms with Crippen molar-refractivity contribution < 1.29 is 9.21 Å². The summed E-state index contributed by atoms with van der Waals surface area (Å²) in [5.41, 5.74) is 4.43. The molecule has 0 atom stereocenters. The summed E-state index contributed by atoms with van der Waals surface area (Å²) in [5.74, 6) is -0.100. The van der Waals surface area contributed by atoms with Crippen LogP contribution < -0.4 is 16.3 Å². The monoisotopic (exact) mass is 378 g/mol. The van der Waals surface area contributed by atoms with Crippen molar-refractivity contribution in [3.63, 3.8) is 0 Å². The fourth-order valence-corrected chi connectivity index (χ4v) is 3.02. The number of benzene rings is 2. The standard InChI is InChI=1S/C23H26N2O3/c1-14-6-11-19-17(12-20(26)28-21(19)15(14)2)13-24-18-9-7-16(8-10-18)22(27)25-23(3,4)5/h6-12,24H,13H2,1-5H3,(H,25,27). The molecule has 2 N–H and O–H groups in total. The number of nitrogens with one attached hydrogen (secondary N) is 2. The van der Waals surface area contributed by atoms with E-state index >= 15 is 0 Å². The molecule has 0 radical (unpaired) electrons. The van der Waals surface area contributed by atoms with Crippen LogP contribution in [-0.2, 0) is 6.54 Å². The third kappa shape index (κ3) is 4.42. The maximum Gasteiger partial charge on any atom is 0.336 e. The smallest absolute Gasteiger partial charge is 0.336 e.